The van der Waals surface area contributed by atoms with E-state index in [1.165, 1.54) is 19.1 Å². The molecule has 0 spiro atoms. The van der Waals surface area contributed by atoms with Crippen LogP contribution < -0.4 is 10.6 Å². The van der Waals surface area contributed by atoms with Gasteiger partial charge in [-0.05, 0) is 96.2 Å². The molecular weight excluding hydrogens is 703 g/mol. The Morgan fingerprint density at radius 3 is 2.29 bits per heavy atom. The van der Waals surface area contributed by atoms with Crippen LogP contribution in [-0.2, 0) is 14.3 Å². The lowest BCUT2D eigenvalue weighted by atomic mass is 9.74. The number of ether oxygens (including phenoxy) is 1. The van der Waals surface area contributed by atoms with Crippen molar-refractivity contribution in [3.63, 3.8) is 0 Å². The summed E-state index contributed by atoms with van der Waals surface area (Å²) < 4.78 is 4.77. The zero-order chi connectivity index (χ0) is 38.9. The Morgan fingerprint density at radius 1 is 0.875 bits per heavy atom. The molecule has 7 atom stereocenters. The highest BCUT2D eigenvalue weighted by atomic mass is 16.5. The molecule has 56 heavy (non-hydrogen) atoms. The number of nitrogens with zero attached hydrogens (tertiary/aromatic N) is 4. The number of carbonyl (C=O) groups is 3. The van der Waals surface area contributed by atoms with Gasteiger partial charge >= 0.3 is 6.09 Å². The highest BCUT2D eigenvalue weighted by Crippen LogP contribution is 2.54. The molecule has 4 aromatic rings. The molecule has 3 fully saturated rings. The molecule has 290 valence electrons. The quantitative estimate of drug-likeness (QED) is 0.142. The van der Waals surface area contributed by atoms with Crippen LogP contribution in [0.4, 0.5) is 4.79 Å². The van der Waals surface area contributed by atoms with Crippen LogP contribution in [0, 0.1) is 29.6 Å². The molecule has 0 radical (unpaired) electrons. The maximum absolute atomic E-state index is 13.7. The summed E-state index contributed by atoms with van der Waals surface area (Å²) >= 11 is 0. The van der Waals surface area contributed by atoms with Gasteiger partial charge < -0.3 is 25.3 Å². The lowest BCUT2D eigenvalue weighted by molar-refractivity contribution is -0.135. The summed E-state index contributed by atoms with van der Waals surface area (Å²) in [5.74, 6) is 1.79. The number of H-pyrrole nitrogens is 1. The van der Waals surface area contributed by atoms with E-state index in [1.807, 2.05) is 56.4 Å². The summed E-state index contributed by atoms with van der Waals surface area (Å²) in [4.78, 5) is 58.4. The summed E-state index contributed by atoms with van der Waals surface area (Å²) in [6.45, 7) is 6.47. The third-order valence-corrected chi connectivity index (χ3v) is 12.5. The average Bonchev–Trinajstić information content (AvgIpc) is 4.08. The van der Waals surface area contributed by atoms with E-state index in [4.69, 9.17) is 14.7 Å². The van der Waals surface area contributed by atoms with Crippen molar-refractivity contribution in [2.75, 3.05) is 13.7 Å². The van der Waals surface area contributed by atoms with Gasteiger partial charge in [0, 0.05) is 49.1 Å². The third-order valence-electron chi connectivity index (χ3n) is 12.5. The minimum atomic E-state index is -0.674. The molecule has 2 aliphatic carbocycles. The van der Waals surface area contributed by atoms with Gasteiger partial charge in [0.05, 0.1) is 31.1 Å². The first kappa shape index (κ1) is 37.3. The Morgan fingerprint density at radius 2 is 1.59 bits per heavy atom. The summed E-state index contributed by atoms with van der Waals surface area (Å²) in [5, 5.41) is 6.01. The summed E-state index contributed by atoms with van der Waals surface area (Å²) in [7, 11) is 1.30. The first-order valence-electron chi connectivity index (χ1n) is 20.1. The second kappa shape index (κ2) is 15.9. The number of aromatic amines is 1. The summed E-state index contributed by atoms with van der Waals surface area (Å²) in [6.07, 6.45) is 12.7. The molecule has 1 saturated heterocycles. The lowest BCUT2D eigenvalue weighted by Gasteiger charge is -2.31. The van der Waals surface area contributed by atoms with Gasteiger partial charge in [0.2, 0.25) is 11.8 Å². The zero-order valence-electron chi connectivity index (χ0n) is 32.6. The van der Waals surface area contributed by atoms with E-state index in [-0.39, 0.29) is 41.7 Å². The van der Waals surface area contributed by atoms with Crippen molar-refractivity contribution < 1.29 is 19.1 Å². The number of fused-ring (bicyclic) bond motifs is 2. The van der Waals surface area contributed by atoms with Crippen molar-refractivity contribution in [2.24, 2.45) is 34.6 Å². The smallest absolute Gasteiger partial charge is 0.407 e. The predicted octanol–water partition coefficient (Wildman–Crippen LogP) is 7.91. The van der Waals surface area contributed by atoms with Crippen molar-refractivity contribution in [1.82, 2.24) is 30.5 Å². The Hall–Kier alpha value is -5.58. The minimum Gasteiger partial charge on any atom is -0.453 e. The van der Waals surface area contributed by atoms with Crippen molar-refractivity contribution >= 4 is 29.2 Å². The normalized spacial score (nSPS) is 23.8. The Kier molecular flexibility index (Phi) is 10.6. The molecule has 11 nitrogen and oxygen atoms in total. The maximum atomic E-state index is 13.7. The Balaban J connectivity index is 0.893. The fraction of sp³-hybridized carbons (Fsp3) is 0.422. The van der Waals surface area contributed by atoms with Gasteiger partial charge in [0.25, 0.3) is 0 Å². The number of imidazole rings is 1. The van der Waals surface area contributed by atoms with Crippen LogP contribution in [-0.4, -0.2) is 63.2 Å². The summed E-state index contributed by atoms with van der Waals surface area (Å²) in [5.41, 5.74) is 8.66. The zero-order valence-corrected chi connectivity index (χ0v) is 32.6. The topological polar surface area (TPSA) is 142 Å². The van der Waals surface area contributed by atoms with Crippen molar-refractivity contribution in [3.05, 3.63) is 102 Å². The van der Waals surface area contributed by atoms with E-state index in [0.29, 0.717) is 18.4 Å². The molecule has 2 bridgehead atoms. The molecule has 3 amide bonds. The van der Waals surface area contributed by atoms with Crippen LogP contribution in [0.25, 0.3) is 28.0 Å². The highest BCUT2D eigenvalue weighted by Gasteiger charge is 2.53. The van der Waals surface area contributed by atoms with E-state index >= 15 is 0 Å². The van der Waals surface area contributed by atoms with Crippen molar-refractivity contribution in [2.45, 2.75) is 77.4 Å². The van der Waals surface area contributed by atoms with E-state index in [0.717, 1.165) is 77.2 Å². The fourth-order valence-corrected chi connectivity index (χ4v) is 9.57. The number of rotatable bonds is 11. The molecular formula is C45H51N7O4. The van der Waals surface area contributed by atoms with Gasteiger partial charge in [-0.15, -0.1) is 0 Å². The number of allylic oxidation sites excluding steroid dienone is 1. The van der Waals surface area contributed by atoms with Crippen LogP contribution >= 0.6 is 0 Å². The van der Waals surface area contributed by atoms with Crippen LogP contribution in [0.3, 0.4) is 0 Å². The molecule has 4 heterocycles. The van der Waals surface area contributed by atoms with Crippen molar-refractivity contribution in [1.29, 1.82) is 0 Å². The minimum absolute atomic E-state index is 0.0287. The van der Waals surface area contributed by atoms with Crippen LogP contribution in [0.15, 0.2) is 90.4 Å². The van der Waals surface area contributed by atoms with Crippen LogP contribution in [0.5, 0.6) is 0 Å². The number of benzene rings is 2. The fourth-order valence-electron chi connectivity index (χ4n) is 9.57. The maximum Gasteiger partial charge on any atom is 0.407 e. The molecule has 2 aliphatic heterocycles. The lowest BCUT2D eigenvalue weighted by Crippen LogP contribution is -2.51. The molecule has 2 aromatic carbocycles. The third kappa shape index (κ3) is 7.39. The monoisotopic (exact) mass is 753 g/mol. The largest absolute Gasteiger partial charge is 0.453 e. The summed E-state index contributed by atoms with van der Waals surface area (Å²) in [6, 6.07) is 20.1. The van der Waals surface area contributed by atoms with Gasteiger partial charge in [0.1, 0.15) is 11.9 Å². The van der Waals surface area contributed by atoms with Gasteiger partial charge in [0.15, 0.2) is 0 Å². The number of hydrogen-bond acceptors (Lipinski definition) is 7. The second-order valence-electron chi connectivity index (χ2n) is 16.2. The number of methoxy groups -OCH3 is 1. The molecule has 4 unspecified atom stereocenters. The number of aromatic nitrogens is 3. The van der Waals surface area contributed by atoms with Gasteiger partial charge in [-0.2, -0.15) is 0 Å². The van der Waals surface area contributed by atoms with E-state index in [9.17, 15) is 14.4 Å². The first-order valence-corrected chi connectivity index (χ1v) is 20.1. The number of amides is 3. The number of likely N-dealkylation sites (tertiary alicyclic amines) is 1. The predicted molar refractivity (Wildman–Crippen MR) is 216 cm³/mol. The van der Waals surface area contributed by atoms with Crippen LogP contribution in [0.1, 0.15) is 88.3 Å². The number of nitrogens with one attached hydrogen (secondary N) is 3. The number of aliphatic imine (C=N–C) groups is 1. The molecule has 8 rings (SSSR count). The van der Waals surface area contributed by atoms with E-state index in [1.54, 1.807) is 6.20 Å². The van der Waals surface area contributed by atoms with Crippen molar-refractivity contribution in [3.8, 4) is 22.4 Å². The number of alkyl carbamates (subject to hydrolysis) is 1. The molecule has 2 saturated carbocycles. The number of pyridine rings is 1. The van der Waals surface area contributed by atoms with E-state index < -0.39 is 12.1 Å². The molecule has 2 aromatic heterocycles. The van der Waals surface area contributed by atoms with Gasteiger partial charge in [-0.3, -0.25) is 19.6 Å². The second-order valence-corrected chi connectivity index (χ2v) is 16.2. The number of hydrogen-bond donors (Lipinski definition) is 3. The number of carbonyl (C=O) groups excluding carboxylic acids is 3. The van der Waals surface area contributed by atoms with Gasteiger partial charge in [-0.25, -0.2) is 9.78 Å². The molecule has 4 aliphatic rings. The Bertz CT molecular complexity index is 2120. The molecule has 11 heteroatoms. The highest BCUT2D eigenvalue weighted by molar-refractivity contribution is 6.02. The molecule has 3 N–H and O–H groups in total. The first-order chi connectivity index (χ1) is 27.2. The van der Waals surface area contributed by atoms with E-state index in [2.05, 4.69) is 69.1 Å². The standard InChI is InChI=1S/C45H51N7O4/c1-26(2)41(51-45(55)56-4)44(54)52-20-6-8-38(52)42-48-25-37(50-42)31-15-13-29(14-16-31)28-9-11-30(12-10-28)35-22-36(47-24-35)39-32-17-18-33(21-32)40(39)43(53)49-27(3)34-7-5-19-46-23-34/h5,7,9-16,19,23-27,32-33,38-41H,6,8,17-18,20-22H2,1-4H3,(H,48,50)(H,49,53)(H,51,55)/t27?,32?,33?,38-,39?,40-,41-/m0/s1. The van der Waals surface area contributed by atoms with Gasteiger partial charge in [-0.1, -0.05) is 68.4 Å². The SMILES string of the molecule is COC(=O)N[C@H](C(=O)N1CCC[C@H]1c1ncc(-c2ccc(-c3ccc(C4=CN=C(C5C6CCC(C6)[C@@H]5C(=O)NC(C)c5cccnc5)C4)cc3)cc2)[nH]1)C(C)C. The van der Waals surface area contributed by atoms with Crippen LogP contribution in [0.2, 0.25) is 0 Å². The average molecular weight is 754 g/mol. The Labute approximate surface area is 328 Å².